The van der Waals surface area contributed by atoms with E-state index in [4.69, 9.17) is 15.2 Å². The number of nitrogen functional groups attached to an aromatic ring is 1. The highest BCUT2D eigenvalue weighted by molar-refractivity contribution is 6.06. The fourth-order valence-electron chi connectivity index (χ4n) is 8.54. The van der Waals surface area contributed by atoms with E-state index in [0.29, 0.717) is 71.9 Å². The largest absolute Gasteiger partial charge is 0.457 e. The lowest BCUT2D eigenvalue weighted by Crippen LogP contribution is -2.26. The number of nitrogens with two attached hydrogens (primary N) is 1. The molecule has 346 valence electrons. The molecule has 0 spiro atoms. The van der Waals surface area contributed by atoms with Crippen molar-refractivity contribution in [3.05, 3.63) is 189 Å². The quantitative estimate of drug-likeness (QED) is 0.0928. The summed E-state index contributed by atoms with van der Waals surface area (Å²) in [6.07, 6.45) is 8.13. The molecule has 69 heavy (non-hydrogen) atoms. The van der Waals surface area contributed by atoms with Crippen molar-refractivity contribution >= 4 is 40.7 Å². The van der Waals surface area contributed by atoms with Gasteiger partial charge in [-0.2, -0.15) is 0 Å². The van der Waals surface area contributed by atoms with Gasteiger partial charge in [0.1, 0.15) is 45.8 Å². The molecular formula is C52H46N10O7. The number of rotatable bonds is 12. The summed E-state index contributed by atoms with van der Waals surface area (Å²) < 4.78 is 18.6. The Labute approximate surface area is 394 Å². The van der Waals surface area contributed by atoms with Crippen LogP contribution in [0.2, 0.25) is 0 Å². The number of nitrogens with zero attached hydrogens (tertiary/aromatic N) is 6. The molecule has 17 nitrogen and oxygen atoms in total. The van der Waals surface area contributed by atoms with E-state index in [1.807, 2.05) is 70.0 Å². The first-order valence-electron chi connectivity index (χ1n) is 22.6. The molecule has 3 amide bonds. The minimum Gasteiger partial charge on any atom is -0.457 e. The summed E-state index contributed by atoms with van der Waals surface area (Å²) >= 11 is 0. The highest BCUT2D eigenvalue weighted by atomic mass is 16.5. The van der Waals surface area contributed by atoms with Crippen LogP contribution in [0.3, 0.4) is 0 Å². The SMILES string of the molecule is Nc1cc(Oc2ccc(NC(=O)c3c4n(n(-c5ccccc5)c3=O)CCC4)cc2)ccn1.O=C(Nc1ccc(Oc2ccnc(NC(=O)C3CC3)c2)cc1)c1c2n(n(-c3ccccc3)c1=O)CCC2. The summed E-state index contributed by atoms with van der Waals surface area (Å²) in [6, 6.07) is 39.3. The summed E-state index contributed by atoms with van der Waals surface area (Å²) in [6.45, 7) is 1.40. The average molecular weight is 923 g/mol. The molecule has 0 radical (unpaired) electrons. The number of carbonyl (C=O) groups excluding carboxylic acids is 3. The van der Waals surface area contributed by atoms with Gasteiger partial charge >= 0.3 is 0 Å². The molecule has 3 aliphatic rings. The Bertz CT molecular complexity index is 3320. The van der Waals surface area contributed by atoms with Gasteiger partial charge in [-0.1, -0.05) is 36.4 Å². The van der Waals surface area contributed by atoms with Crippen LogP contribution >= 0.6 is 0 Å². The van der Waals surface area contributed by atoms with Gasteiger partial charge in [0.05, 0.1) is 22.8 Å². The molecule has 0 atom stereocenters. The van der Waals surface area contributed by atoms with Gasteiger partial charge in [0.25, 0.3) is 22.9 Å². The average Bonchev–Trinajstić information content (AvgIpc) is 3.68. The number of para-hydroxylation sites is 2. The summed E-state index contributed by atoms with van der Waals surface area (Å²) in [5, 5.41) is 8.50. The van der Waals surface area contributed by atoms with E-state index in [-0.39, 0.29) is 34.1 Å². The van der Waals surface area contributed by atoms with E-state index in [9.17, 15) is 24.0 Å². The molecule has 2 aliphatic heterocycles. The Balaban J connectivity index is 0.000000162. The van der Waals surface area contributed by atoms with E-state index in [0.717, 1.165) is 48.4 Å². The number of ether oxygens (including phenoxy) is 2. The van der Waals surface area contributed by atoms with Crippen molar-refractivity contribution in [1.82, 2.24) is 28.7 Å². The lowest BCUT2D eigenvalue weighted by molar-refractivity contribution is -0.117. The van der Waals surface area contributed by atoms with Gasteiger partial charge in [-0.15, -0.1) is 0 Å². The van der Waals surface area contributed by atoms with E-state index in [1.165, 1.54) is 0 Å². The Kier molecular flexibility index (Phi) is 12.1. The third kappa shape index (κ3) is 9.51. The second-order valence-corrected chi connectivity index (χ2v) is 16.7. The smallest absolute Gasteiger partial charge is 0.284 e. The highest BCUT2D eigenvalue weighted by Gasteiger charge is 2.31. The second kappa shape index (κ2) is 19.1. The molecule has 1 saturated carbocycles. The predicted octanol–water partition coefficient (Wildman–Crippen LogP) is 7.98. The fourth-order valence-corrected chi connectivity index (χ4v) is 8.54. The summed E-state index contributed by atoms with van der Waals surface area (Å²) in [7, 11) is 0. The van der Waals surface area contributed by atoms with E-state index in [1.54, 1.807) is 94.6 Å². The molecule has 0 bridgehead atoms. The van der Waals surface area contributed by atoms with Crippen LogP contribution in [-0.4, -0.2) is 46.4 Å². The number of pyridine rings is 2. The van der Waals surface area contributed by atoms with Gasteiger partial charge in [0.15, 0.2) is 0 Å². The number of benzene rings is 4. The van der Waals surface area contributed by atoms with Gasteiger partial charge < -0.3 is 31.2 Å². The predicted molar refractivity (Wildman–Crippen MR) is 260 cm³/mol. The minimum absolute atomic E-state index is 0.0193. The van der Waals surface area contributed by atoms with Crippen LogP contribution in [0.15, 0.2) is 155 Å². The van der Waals surface area contributed by atoms with Crippen molar-refractivity contribution < 1.29 is 23.9 Å². The number of hydrogen-bond acceptors (Lipinski definition) is 10. The van der Waals surface area contributed by atoms with Gasteiger partial charge in [0, 0.05) is 54.9 Å². The maximum Gasteiger partial charge on any atom is 0.284 e. The zero-order valence-electron chi connectivity index (χ0n) is 37.2. The first kappa shape index (κ1) is 43.9. The molecule has 0 saturated heterocycles. The molecule has 5 N–H and O–H groups in total. The third-order valence-corrected chi connectivity index (χ3v) is 11.9. The van der Waals surface area contributed by atoms with Crippen LogP contribution in [0.4, 0.5) is 23.0 Å². The van der Waals surface area contributed by atoms with Crippen molar-refractivity contribution in [2.45, 2.75) is 51.6 Å². The lowest BCUT2D eigenvalue weighted by Gasteiger charge is -2.09. The number of aromatic nitrogens is 6. The van der Waals surface area contributed by atoms with Crippen LogP contribution < -0.4 is 42.3 Å². The summed E-state index contributed by atoms with van der Waals surface area (Å²) in [5.41, 5.74) is 9.55. The first-order valence-corrected chi connectivity index (χ1v) is 22.6. The molecular weight excluding hydrogens is 877 g/mol. The van der Waals surface area contributed by atoms with Crippen molar-refractivity contribution in [2.24, 2.45) is 5.92 Å². The van der Waals surface area contributed by atoms with E-state index in [2.05, 4.69) is 25.9 Å². The molecule has 4 aromatic heterocycles. The first-order chi connectivity index (χ1) is 33.7. The van der Waals surface area contributed by atoms with E-state index >= 15 is 0 Å². The molecule has 4 aromatic carbocycles. The van der Waals surface area contributed by atoms with Crippen LogP contribution in [0.1, 0.15) is 57.8 Å². The van der Waals surface area contributed by atoms with Crippen LogP contribution in [0.25, 0.3) is 11.4 Å². The van der Waals surface area contributed by atoms with Crippen molar-refractivity contribution in [3.8, 4) is 34.4 Å². The lowest BCUT2D eigenvalue weighted by atomic mass is 10.1. The Morgan fingerprint density at radius 2 is 1.01 bits per heavy atom. The van der Waals surface area contributed by atoms with Crippen molar-refractivity contribution in [2.75, 3.05) is 21.7 Å². The molecule has 0 unspecified atom stereocenters. The molecule has 6 heterocycles. The number of carbonyl (C=O) groups is 3. The van der Waals surface area contributed by atoms with Crippen LogP contribution in [0, 0.1) is 5.92 Å². The Morgan fingerprint density at radius 1 is 0.551 bits per heavy atom. The highest BCUT2D eigenvalue weighted by Crippen LogP contribution is 2.31. The molecule has 1 fully saturated rings. The zero-order valence-corrected chi connectivity index (χ0v) is 37.2. The summed E-state index contributed by atoms with van der Waals surface area (Å²) in [5.74, 6) is 2.29. The van der Waals surface area contributed by atoms with Crippen molar-refractivity contribution in [1.29, 1.82) is 0 Å². The third-order valence-electron chi connectivity index (χ3n) is 11.9. The number of fused-ring (bicyclic) bond motifs is 2. The molecule has 8 aromatic rings. The number of nitrogens with one attached hydrogen (secondary N) is 3. The zero-order chi connectivity index (χ0) is 47.4. The summed E-state index contributed by atoms with van der Waals surface area (Å²) in [4.78, 5) is 72.8. The van der Waals surface area contributed by atoms with Crippen molar-refractivity contribution in [3.63, 3.8) is 0 Å². The number of anilines is 4. The second-order valence-electron chi connectivity index (χ2n) is 16.7. The van der Waals surface area contributed by atoms with Crippen LogP contribution in [0.5, 0.6) is 23.0 Å². The van der Waals surface area contributed by atoms with Gasteiger partial charge in [0.2, 0.25) is 5.91 Å². The van der Waals surface area contributed by atoms with Gasteiger partial charge in [-0.3, -0.25) is 33.3 Å². The topological polar surface area (TPSA) is 211 Å². The normalized spacial score (nSPS) is 13.3. The number of amides is 3. The molecule has 1 aliphatic carbocycles. The molecule has 11 rings (SSSR count). The van der Waals surface area contributed by atoms with Gasteiger partial charge in [-0.25, -0.2) is 19.3 Å². The number of hydrogen-bond donors (Lipinski definition) is 4. The van der Waals surface area contributed by atoms with E-state index < -0.39 is 11.8 Å². The fraction of sp³-hybridized carbons (Fsp3) is 0.173. The van der Waals surface area contributed by atoms with Gasteiger partial charge in [-0.05, 0) is 123 Å². The monoisotopic (exact) mass is 922 g/mol. The maximum absolute atomic E-state index is 13.3. The standard InChI is InChI=1S/C28H25N5O4.C24H21N5O3/c34-26(18-8-9-18)31-24-17-22(14-15-29-24)37-21-12-10-19(11-13-21)30-27(35)25-23-7-4-16-32(23)33(28(25)36)20-5-2-1-3-6-20;25-21-15-19(12-13-26-21)32-18-10-8-16(9-11-18)27-23(30)22-20-7-4-14-28(20)29(24(22)31)17-5-2-1-3-6-17/h1-3,5-6,10-15,17-18H,4,7-9,16H2,(H,30,35)(H,29,31,34);1-3,5-6,8-13,15H,4,7,14H2,(H2,25,26)(H,27,30). The maximum atomic E-state index is 13.3. The minimum atomic E-state index is -0.427. The molecule has 17 heteroatoms. The van der Waals surface area contributed by atoms with Crippen LogP contribution in [-0.2, 0) is 30.7 Å². The Hall–Kier alpha value is -8.99. The Morgan fingerprint density at radius 3 is 1.48 bits per heavy atom.